The minimum Gasteiger partial charge on any atom is -0.385 e. The van der Waals surface area contributed by atoms with E-state index in [4.69, 9.17) is 0 Å². The normalized spacial score (nSPS) is 19.3. The number of carbonyl (C=O) groups excluding carboxylic acids is 1. The molecule has 2 aromatic rings. The number of piperidine rings is 1. The summed E-state index contributed by atoms with van der Waals surface area (Å²) in [5, 5.41) is 10.5. The van der Waals surface area contributed by atoms with E-state index >= 15 is 0 Å². The van der Waals surface area contributed by atoms with Crippen LogP contribution in [0.25, 0.3) is 0 Å². The number of aryl methyl sites for hydroxylation is 1. The summed E-state index contributed by atoms with van der Waals surface area (Å²) in [6, 6.07) is 3.57. The van der Waals surface area contributed by atoms with Crippen LogP contribution in [0.15, 0.2) is 30.6 Å². The van der Waals surface area contributed by atoms with Crippen molar-refractivity contribution < 1.29 is 18.7 Å². The first-order valence-corrected chi connectivity index (χ1v) is 7.87. The Bertz CT molecular complexity index is 747. The lowest BCUT2D eigenvalue weighted by atomic mass is 9.91. The Hall–Kier alpha value is -2.28. The molecule has 1 N–H and O–H groups in total. The largest absolute Gasteiger partial charge is 0.385 e. The molecule has 2 heterocycles. The average Bonchev–Trinajstić information content (AvgIpc) is 3.02. The third-order valence-corrected chi connectivity index (χ3v) is 4.50. The third kappa shape index (κ3) is 3.03. The average molecular weight is 335 g/mol. The fraction of sp³-hybridized carbons (Fsp3) is 0.412. The Morgan fingerprint density at radius 1 is 1.42 bits per heavy atom. The summed E-state index contributed by atoms with van der Waals surface area (Å²) < 4.78 is 28.9. The summed E-state index contributed by atoms with van der Waals surface area (Å²) in [7, 11) is 1.79. The number of hydrogen-bond donors (Lipinski definition) is 1. The first-order chi connectivity index (χ1) is 11.5. The highest BCUT2D eigenvalue weighted by atomic mass is 19.2. The fourth-order valence-corrected chi connectivity index (χ4v) is 3.16. The summed E-state index contributed by atoms with van der Waals surface area (Å²) in [6.45, 7) is 0.737. The number of aliphatic hydroxyl groups excluding tert-OH is 1. The van der Waals surface area contributed by atoms with Gasteiger partial charge in [0.15, 0.2) is 11.6 Å². The van der Waals surface area contributed by atoms with E-state index in [1.54, 1.807) is 24.0 Å². The number of rotatable bonds is 3. The van der Waals surface area contributed by atoms with Crippen molar-refractivity contribution in [3.05, 3.63) is 53.6 Å². The SMILES string of the molecule is Cn1ccnc1C(O)C1CCCN(C(=O)c2cccc(F)c2F)C1. The molecule has 0 bridgehead atoms. The molecule has 1 saturated heterocycles. The fourth-order valence-electron chi connectivity index (χ4n) is 3.16. The molecule has 7 heteroatoms. The lowest BCUT2D eigenvalue weighted by Gasteiger charge is -2.35. The second-order valence-corrected chi connectivity index (χ2v) is 6.10. The monoisotopic (exact) mass is 335 g/mol. The van der Waals surface area contributed by atoms with Gasteiger partial charge in [0, 0.05) is 38.4 Å². The quantitative estimate of drug-likeness (QED) is 0.936. The lowest BCUT2D eigenvalue weighted by Crippen LogP contribution is -2.42. The number of carbonyl (C=O) groups is 1. The second kappa shape index (κ2) is 6.68. The van der Waals surface area contributed by atoms with E-state index in [1.807, 2.05) is 0 Å². The zero-order valence-electron chi connectivity index (χ0n) is 13.3. The van der Waals surface area contributed by atoms with E-state index in [2.05, 4.69) is 4.98 Å². The van der Waals surface area contributed by atoms with Crippen molar-refractivity contribution in [2.24, 2.45) is 13.0 Å². The number of halogens is 2. The van der Waals surface area contributed by atoms with Crippen molar-refractivity contribution in [3.8, 4) is 0 Å². The molecule has 0 spiro atoms. The molecule has 5 nitrogen and oxygen atoms in total. The molecule has 128 valence electrons. The summed E-state index contributed by atoms with van der Waals surface area (Å²) in [5.74, 6) is -2.38. The van der Waals surface area contributed by atoms with E-state index in [-0.39, 0.29) is 18.0 Å². The van der Waals surface area contributed by atoms with Gasteiger partial charge in [-0.1, -0.05) is 6.07 Å². The molecule has 0 radical (unpaired) electrons. The Morgan fingerprint density at radius 2 is 2.21 bits per heavy atom. The van der Waals surface area contributed by atoms with Crippen LogP contribution >= 0.6 is 0 Å². The van der Waals surface area contributed by atoms with Crippen LogP contribution in [0.2, 0.25) is 0 Å². The molecule has 1 aromatic carbocycles. The Balaban J connectivity index is 1.77. The summed E-state index contributed by atoms with van der Waals surface area (Å²) >= 11 is 0. The summed E-state index contributed by atoms with van der Waals surface area (Å²) in [5.41, 5.74) is -0.276. The van der Waals surface area contributed by atoms with Gasteiger partial charge in [-0.2, -0.15) is 0 Å². The molecule has 1 aliphatic rings. The molecule has 24 heavy (non-hydrogen) atoms. The molecule has 1 fully saturated rings. The van der Waals surface area contributed by atoms with Gasteiger partial charge < -0.3 is 14.6 Å². The highest BCUT2D eigenvalue weighted by Crippen LogP contribution is 2.29. The predicted molar refractivity (Wildman–Crippen MR) is 83.2 cm³/mol. The molecule has 1 aliphatic heterocycles. The standard InChI is InChI=1S/C17H19F2N3O2/c1-21-9-7-20-16(21)15(23)11-4-3-8-22(10-11)17(24)12-5-2-6-13(18)14(12)19/h2,5-7,9,11,15,23H,3-4,8,10H2,1H3. The van der Waals surface area contributed by atoms with Gasteiger partial charge in [-0.3, -0.25) is 4.79 Å². The zero-order chi connectivity index (χ0) is 17.3. The van der Waals surface area contributed by atoms with E-state index in [1.165, 1.54) is 17.0 Å². The first-order valence-electron chi connectivity index (χ1n) is 7.87. The molecule has 3 rings (SSSR count). The predicted octanol–water partition coefficient (Wildman–Crippen LogP) is 2.28. The number of aliphatic hydroxyl groups is 1. The van der Waals surface area contributed by atoms with Crippen LogP contribution in [0.3, 0.4) is 0 Å². The first kappa shape index (κ1) is 16.6. The molecule has 2 unspecified atom stereocenters. The number of aromatic nitrogens is 2. The van der Waals surface area contributed by atoms with Crippen LogP contribution < -0.4 is 0 Å². The van der Waals surface area contributed by atoms with Crippen LogP contribution in [0, 0.1) is 17.6 Å². The minimum atomic E-state index is -1.13. The van der Waals surface area contributed by atoms with Gasteiger partial charge in [0.05, 0.1) is 5.56 Å². The topological polar surface area (TPSA) is 58.4 Å². The summed E-state index contributed by atoms with van der Waals surface area (Å²) in [6.07, 6.45) is 3.97. The van der Waals surface area contributed by atoms with Crippen molar-refractivity contribution >= 4 is 5.91 Å². The van der Waals surface area contributed by atoms with E-state index in [0.717, 1.165) is 12.5 Å². The molecule has 0 aliphatic carbocycles. The number of benzene rings is 1. The number of amides is 1. The summed E-state index contributed by atoms with van der Waals surface area (Å²) in [4.78, 5) is 18.1. The maximum atomic E-state index is 13.9. The Morgan fingerprint density at radius 3 is 2.92 bits per heavy atom. The number of likely N-dealkylation sites (tertiary alicyclic amines) is 1. The molecule has 2 atom stereocenters. The van der Waals surface area contributed by atoms with Gasteiger partial charge in [-0.15, -0.1) is 0 Å². The molecule has 0 saturated carbocycles. The Kier molecular flexibility index (Phi) is 4.62. The highest BCUT2D eigenvalue weighted by molar-refractivity contribution is 5.94. The smallest absolute Gasteiger partial charge is 0.256 e. The molecular weight excluding hydrogens is 316 g/mol. The zero-order valence-corrected chi connectivity index (χ0v) is 13.3. The number of nitrogens with zero attached hydrogens (tertiary/aromatic N) is 3. The maximum Gasteiger partial charge on any atom is 0.256 e. The van der Waals surface area contributed by atoms with Gasteiger partial charge in [0.25, 0.3) is 5.91 Å². The van der Waals surface area contributed by atoms with Crippen molar-refractivity contribution in [3.63, 3.8) is 0 Å². The van der Waals surface area contributed by atoms with Crippen molar-refractivity contribution in [2.75, 3.05) is 13.1 Å². The van der Waals surface area contributed by atoms with Crippen molar-refractivity contribution in [1.29, 1.82) is 0 Å². The van der Waals surface area contributed by atoms with Gasteiger partial charge in [0.1, 0.15) is 11.9 Å². The van der Waals surface area contributed by atoms with E-state index in [9.17, 15) is 18.7 Å². The van der Waals surface area contributed by atoms with Gasteiger partial charge in [0.2, 0.25) is 0 Å². The maximum absolute atomic E-state index is 13.9. The van der Waals surface area contributed by atoms with Gasteiger partial charge in [-0.05, 0) is 25.0 Å². The van der Waals surface area contributed by atoms with E-state index in [0.29, 0.717) is 18.8 Å². The highest BCUT2D eigenvalue weighted by Gasteiger charge is 2.32. The van der Waals surface area contributed by atoms with Crippen LogP contribution in [-0.2, 0) is 7.05 Å². The minimum absolute atomic E-state index is 0.194. The molecular formula is C17H19F2N3O2. The lowest BCUT2D eigenvalue weighted by molar-refractivity contribution is 0.0355. The van der Waals surface area contributed by atoms with Crippen LogP contribution in [0.1, 0.15) is 35.1 Å². The van der Waals surface area contributed by atoms with Gasteiger partial charge in [-0.25, -0.2) is 13.8 Å². The molecule has 1 aromatic heterocycles. The third-order valence-electron chi connectivity index (χ3n) is 4.50. The van der Waals surface area contributed by atoms with Crippen LogP contribution in [-0.4, -0.2) is 38.6 Å². The number of imidazole rings is 1. The Labute approximate surface area is 138 Å². The van der Waals surface area contributed by atoms with Crippen molar-refractivity contribution in [1.82, 2.24) is 14.5 Å². The van der Waals surface area contributed by atoms with Crippen molar-refractivity contribution in [2.45, 2.75) is 18.9 Å². The van der Waals surface area contributed by atoms with Gasteiger partial charge >= 0.3 is 0 Å². The van der Waals surface area contributed by atoms with E-state index < -0.39 is 23.6 Å². The van der Waals surface area contributed by atoms with Crippen LogP contribution in [0.4, 0.5) is 8.78 Å². The number of hydrogen-bond acceptors (Lipinski definition) is 3. The van der Waals surface area contributed by atoms with Crippen LogP contribution in [0.5, 0.6) is 0 Å². The second-order valence-electron chi connectivity index (χ2n) is 6.10. The molecule has 1 amide bonds.